The molecule has 0 radical (unpaired) electrons. The van der Waals surface area contributed by atoms with Gasteiger partial charge in [0.15, 0.2) is 6.29 Å². The largest absolute Gasteiger partial charge is 0.302 e. The Labute approximate surface area is 83.5 Å². The van der Waals surface area contributed by atoms with Crippen molar-refractivity contribution in [1.82, 2.24) is 14.7 Å². The van der Waals surface area contributed by atoms with Crippen LogP contribution in [0.25, 0.3) is 0 Å². The van der Waals surface area contributed by atoms with Crippen molar-refractivity contribution in [2.75, 3.05) is 13.6 Å². The quantitative estimate of drug-likeness (QED) is 0.649. The van der Waals surface area contributed by atoms with Gasteiger partial charge in [-0.2, -0.15) is 5.10 Å². The number of fused-ring (bicyclic) bond motifs is 1. The fourth-order valence-corrected chi connectivity index (χ4v) is 2.01. The molecule has 0 spiro atoms. The van der Waals surface area contributed by atoms with Crippen LogP contribution in [-0.2, 0) is 19.5 Å². The summed E-state index contributed by atoms with van der Waals surface area (Å²) in [6, 6.07) is 0. The molecule has 2 heterocycles. The summed E-state index contributed by atoms with van der Waals surface area (Å²) in [6.45, 7) is 4.81. The molecule has 0 saturated carbocycles. The first-order valence-corrected chi connectivity index (χ1v) is 4.98. The Morgan fingerprint density at radius 1 is 1.57 bits per heavy atom. The summed E-state index contributed by atoms with van der Waals surface area (Å²) < 4.78 is 1.95. The number of rotatable bonds is 2. The highest BCUT2D eigenvalue weighted by Gasteiger charge is 2.21. The number of likely N-dealkylation sites (N-methyl/N-ethyl adjacent to an activating group) is 1. The predicted octanol–water partition coefficient (Wildman–Crippen LogP) is 0.703. The van der Waals surface area contributed by atoms with Gasteiger partial charge in [0, 0.05) is 37.3 Å². The third-order valence-electron chi connectivity index (χ3n) is 2.77. The first-order chi connectivity index (χ1) is 6.76. The van der Waals surface area contributed by atoms with Gasteiger partial charge in [-0.25, -0.2) is 0 Å². The molecule has 0 aromatic carbocycles. The number of hydrogen-bond donors (Lipinski definition) is 0. The predicted molar refractivity (Wildman–Crippen MR) is 53.3 cm³/mol. The summed E-state index contributed by atoms with van der Waals surface area (Å²) in [5.74, 6) is 0. The second kappa shape index (κ2) is 3.53. The first kappa shape index (κ1) is 9.40. The van der Waals surface area contributed by atoms with E-state index in [1.165, 1.54) is 5.69 Å². The van der Waals surface area contributed by atoms with Crippen molar-refractivity contribution in [2.45, 2.75) is 26.4 Å². The standard InChI is InChI=1S/C10H15N3O/c1-3-13-10-4-5-12(2)6-8(10)9(7-14)11-13/h7H,3-6H2,1-2H3. The van der Waals surface area contributed by atoms with Crippen molar-refractivity contribution >= 4 is 6.29 Å². The summed E-state index contributed by atoms with van der Waals surface area (Å²) in [6.07, 6.45) is 1.87. The van der Waals surface area contributed by atoms with Crippen LogP contribution >= 0.6 is 0 Å². The molecule has 4 nitrogen and oxygen atoms in total. The molecule has 0 atom stereocenters. The molecule has 0 saturated heterocycles. The number of carbonyl (C=O) groups is 1. The molecule has 14 heavy (non-hydrogen) atoms. The normalized spacial score (nSPS) is 16.7. The van der Waals surface area contributed by atoms with E-state index in [2.05, 4.69) is 24.0 Å². The van der Waals surface area contributed by atoms with Crippen molar-refractivity contribution in [3.05, 3.63) is 17.0 Å². The van der Waals surface area contributed by atoms with Gasteiger partial charge in [0.2, 0.25) is 0 Å². The van der Waals surface area contributed by atoms with Crippen molar-refractivity contribution in [3.63, 3.8) is 0 Å². The lowest BCUT2D eigenvalue weighted by atomic mass is 10.1. The van der Waals surface area contributed by atoms with Crippen molar-refractivity contribution in [1.29, 1.82) is 0 Å². The van der Waals surface area contributed by atoms with E-state index in [9.17, 15) is 4.79 Å². The third-order valence-corrected chi connectivity index (χ3v) is 2.77. The van der Waals surface area contributed by atoms with Crippen LogP contribution in [0.3, 0.4) is 0 Å². The molecule has 1 aromatic heterocycles. The summed E-state index contributed by atoms with van der Waals surface area (Å²) >= 11 is 0. The molecule has 4 heteroatoms. The second-order valence-corrected chi connectivity index (χ2v) is 3.73. The van der Waals surface area contributed by atoms with Gasteiger partial charge in [-0.05, 0) is 14.0 Å². The topological polar surface area (TPSA) is 38.1 Å². The highest BCUT2D eigenvalue weighted by molar-refractivity contribution is 5.74. The van der Waals surface area contributed by atoms with E-state index in [-0.39, 0.29) is 0 Å². The molecular weight excluding hydrogens is 178 g/mol. The molecule has 2 rings (SSSR count). The van der Waals surface area contributed by atoms with Gasteiger partial charge in [0.1, 0.15) is 5.69 Å². The number of aldehydes is 1. The van der Waals surface area contributed by atoms with E-state index in [0.29, 0.717) is 5.69 Å². The van der Waals surface area contributed by atoms with E-state index in [0.717, 1.165) is 37.9 Å². The lowest BCUT2D eigenvalue weighted by molar-refractivity contribution is 0.111. The number of aromatic nitrogens is 2. The van der Waals surface area contributed by atoms with Crippen LogP contribution in [-0.4, -0.2) is 34.6 Å². The zero-order valence-electron chi connectivity index (χ0n) is 8.66. The van der Waals surface area contributed by atoms with Gasteiger partial charge in [0.25, 0.3) is 0 Å². The molecule has 1 aliphatic heterocycles. The monoisotopic (exact) mass is 193 g/mol. The molecule has 0 unspecified atom stereocenters. The Morgan fingerprint density at radius 3 is 3.00 bits per heavy atom. The molecule has 1 aliphatic rings. The Morgan fingerprint density at radius 2 is 2.36 bits per heavy atom. The summed E-state index contributed by atoms with van der Waals surface area (Å²) in [5.41, 5.74) is 2.98. The van der Waals surface area contributed by atoms with Crippen LogP contribution in [0.5, 0.6) is 0 Å². The van der Waals surface area contributed by atoms with Gasteiger partial charge in [0.05, 0.1) is 0 Å². The minimum absolute atomic E-state index is 0.619. The SMILES string of the molecule is CCn1nc(C=O)c2c1CCN(C)C2. The molecule has 0 amide bonds. The van der Waals surface area contributed by atoms with Gasteiger partial charge in [-0.3, -0.25) is 9.48 Å². The Kier molecular flexibility index (Phi) is 2.37. The summed E-state index contributed by atoms with van der Waals surface area (Å²) in [5, 5.41) is 4.29. The lowest BCUT2D eigenvalue weighted by Crippen LogP contribution is -2.27. The van der Waals surface area contributed by atoms with Gasteiger partial charge in [-0.1, -0.05) is 0 Å². The molecular formula is C10H15N3O. The van der Waals surface area contributed by atoms with Crippen molar-refractivity contribution < 1.29 is 4.79 Å². The van der Waals surface area contributed by atoms with Crippen LogP contribution < -0.4 is 0 Å². The molecule has 0 aliphatic carbocycles. The van der Waals surface area contributed by atoms with Gasteiger partial charge >= 0.3 is 0 Å². The van der Waals surface area contributed by atoms with Gasteiger partial charge < -0.3 is 4.90 Å². The number of hydrogen-bond acceptors (Lipinski definition) is 3. The highest BCUT2D eigenvalue weighted by atomic mass is 16.1. The second-order valence-electron chi connectivity index (χ2n) is 3.73. The summed E-state index contributed by atoms with van der Waals surface area (Å²) in [7, 11) is 2.07. The average Bonchev–Trinajstić information content (AvgIpc) is 2.55. The van der Waals surface area contributed by atoms with Crippen LogP contribution in [0, 0.1) is 0 Å². The zero-order valence-corrected chi connectivity index (χ0v) is 8.66. The van der Waals surface area contributed by atoms with Crippen LogP contribution in [0.1, 0.15) is 28.7 Å². The van der Waals surface area contributed by atoms with E-state index in [1.807, 2.05) is 4.68 Å². The Hall–Kier alpha value is -1.16. The van der Waals surface area contributed by atoms with Crippen LogP contribution in [0.15, 0.2) is 0 Å². The number of aryl methyl sites for hydroxylation is 1. The molecule has 76 valence electrons. The van der Waals surface area contributed by atoms with Crippen LogP contribution in [0.2, 0.25) is 0 Å². The van der Waals surface area contributed by atoms with E-state index < -0.39 is 0 Å². The van der Waals surface area contributed by atoms with Crippen LogP contribution in [0.4, 0.5) is 0 Å². The maximum Gasteiger partial charge on any atom is 0.170 e. The van der Waals surface area contributed by atoms with E-state index >= 15 is 0 Å². The smallest absolute Gasteiger partial charge is 0.170 e. The number of carbonyl (C=O) groups excluding carboxylic acids is 1. The average molecular weight is 193 g/mol. The highest BCUT2D eigenvalue weighted by Crippen LogP contribution is 2.20. The first-order valence-electron chi connectivity index (χ1n) is 4.98. The Balaban J connectivity index is 2.47. The van der Waals surface area contributed by atoms with Gasteiger partial charge in [-0.15, -0.1) is 0 Å². The number of nitrogens with zero attached hydrogens (tertiary/aromatic N) is 3. The third kappa shape index (κ3) is 1.35. The minimum atomic E-state index is 0.619. The Bertz CT molecular complexity index is 356. The maximum absolute atomic E-state index is 10.8. The lowest BCUT2D eigenvalue weighted by Gasteiger charge is -2.22. The van der Waals surface area contributed by atoms with Crippen molar-refractivity contribution in [2.24, 2.45) is 0 Å². The van der Waals surface area contributed by atoms with E-state index in [4.69, 9.17) is 0 Å². The summed E-state index contributed by atoms with van der Waals surface area (Å²) in [4.78, 5) is 13.0. The molecule has 1 aromatic rings. The fourth-order valence-electron chi connectivity index (χ4n) is 2.01. The molecule has 0 bridgehead atoms. The molecule has 0 fully saturated rings. The molecule has 0 N–H and O–H groups in total. The fraction of sp³-hybridized carbons (Fsp3) is 0.600. The minimum Gasteiger partial charge on any atom is -0.302 e. The zero-order chi connectivity index (χ0) is 10.1. The van der Waals surface area contributed by atoms with E-state index in [1.54, 1.807) is 0 Å². The maximum atomic E-state index is 10.8. The van der Waals surface area contributed by atoms with Crippen molar-refractivity contribution in [3.8, 4) is 0 Å².